The Balaban J connectivity index is 3.18. The van der Waals surface area contributed by atoms with E-state index in [9.17, 15) is 10.2 Å². The van der Waals surface area contributed by atoms with Crippen LogP contribution in [0.2, 0.25) is 0 Å². The molecule has 0 saturated heterocycles. The smallest absolute Gasteiger partial charge is 0.139 e. The van der Waals surface area contributed by atoms with Crippen molar-refractivity contribution in [2.45, 2.75) is 135 Å². The lowest BCUT2D eigenvalue weighted by molar-refractivity contribution is -0.0769. The highest BCUT2D eigenvalue weighted by Gasteiger charge is 2.27. The maximum Gasteiger partial charge on any atom is 0.139 e. The molecule has 0 saturated carbocycles. The number of aliphatic hydroxyl groups is 2. The summed E-state index contributed by atoms with van der Waals surface area (Å²) in [6.07, 6.45) is 20.2. The molecule has 0 aromatic heterocycles. The lowest BCUT2D eigenvalue weighted by Gasteiger charge is -2.27. The summed E-state index contributed by atoms with van der Waals surface area (Å²) in [6.45, 7) is 4.07. The summed E-state index contributed by atoms with van der Waals surface area (Å²) in [6, 6.07) is 0. The lowest BCUT2D eigenvalue weighted by atomic mass is 9.98. The van der Waals surface area contributed by atoms with Gasteiger partial charge in [-0.3, -0.25) is 0 Å². The molecule has 0 aliphatic rings. The quantitative estimate of drug-likeness (QED) is 0.222. The van der Waals surface area contributed by atoms with Gasteiger partial charge in [0.05, 0.1) is 6.10 Å². The maximum atomic E-state index is 9.81. The molecule has 0 aromatic rings. The van der Waals surface area contributed by atoms with Gasteiger partial charge in [-0.1, -0.05) is 110 Å². The fraction of sp³-hybridized carbons (Fsp3) is 1.00. The Hall–Kier alpha value is -0.120. The van der Waals surface area contributed by atoms with Crippen molar-refractivity contribution in [2.24, 2.45) is 5.73 Å². The summed E-state index contributed by atoms with van der Waals surface area (Å²) < 4.78 is 0. The van der Waals surface area contributed by atoms with Gasteiger partial charge in [0.25, 0.3) is 0 Å². The average Bonchev–Trinajstić information content (AvgIpc) is 2.58. The molecule has 0 aromatic carbocycles. The van der Waals surface area contributed by atoms with E-state index in [-0.39, 0.29) is 0 Å². The van der Waals surface area contributed by atoms with Crippen LogP contribution in [-0.2, 0) is 0 Å². The standard InChI is InChI=1S/C21H45NO2/c1-3-5-6-7-8-9-10-11-12-13-14-15-16-17-18-19-20(23)21(22,24)4-2/h20,23-24H,3-19,22H2,1-2H3. The number of rotatable bonds is 18. The van der Waals surface area contributed by atoms with Gasteiger partial charge in [0.15, 0.2) is 0 Å². The largest absolute Gasteiger partial charge is 0.389 e. The van der Waals surface area contributed by atoms with Gasteiger partial charge >= 0.3 is 0 Å². The first-order chi connectivity index (χ1) is 11.5. The monoisotopic (exact) mass is 343 g/mol. The third-order valence-electron chi connectivity index (χ3n) is 5.22. The highest BCUT2D eigenvalue weighted by atomic mass is 16.4. The second-order valence-corrected chi connectivity index (χ2v) is 7.60. The summed E-state index contributed by atoms with van der Waals surface area (Å²) in [5.41, 5.74) is 4.22. The summed E-state index contributed by atoms with van der Waals surface area (Å²) in [4.78, 5) is 0. The molecule has 0 amide bonds. The van der Waals surface area contributed by atoms with E-state index in [4.69, 9.17) is 5.73 Å². The minimum Gasteiger partial charge on any atom is -0.389 e. The summed E-state index contributed by atoms with van der Waals surface area (Å²) in [5.74, 6) is 0. The Morgan fingerprint density at radius 2 is 1.00 bits per heavy atom. The molecule has 0 spiro atoms. The van der Waals surface area contributed by atoms with Crippen LogP contribution < -0.4 is 5.73 Å². The Morgan fingerprint density at radius 3 is 1.33 bits per heavy atom. The van der Waals surface area contributed by atoms with Crippen molar-refractivity contribution in [3.63, 3.8) is 0 Å². The molecular formula is C21H45NO2. The molecule has 2 unspecified atom stereocenters. The fourth-order valence-corrected chi connectivity index (χ4v) is 3.19. The Morgan fingerprint density at radius 1 is 0.667 bits per heavy atom. The first kappa shape index (κ1) is 23.9. The van der Waals surface area contributed by atoms with Crippen LogP contribution in [0.5, 0.6) is 0 Å². The number of nitrogens with two attached hydrogens (primary N) is 1. The van der Waals surface area contributed by atoms with Crippen molar-refractivity contribution < 1.29 is 10.2 Å². The molecule has 3 nitrogen and oxygen atoms in total. The molecule has 0 heterocycles. The van der Waals surface area contributed by atoms with Gasteiger partial charge in [0, 0.05) is 0 Å². The van der Waals surface area contributed by atoms with Crippen LogP contribution in [0.3, 0.4) is 0 Å². The van der Waals surface area contributed by atoms with E-state index < -0.39 is 11.8 Å². The molecule has 3 heteroatoms. The number of hydrogen-bond acceptors (Lipinski definition) is 3. The van der Waals surface area contributed by atoms with Gasteiger partial charge in [0.1, 0.15) is 5.72 Å². The van der Waals surface area contributed by atoms with E-state index in [1.165, 1.54) is 83.5 Å². The van der Waals surface area contributed by atoms with Gasteiger partial charge in [-0.15, -0.1) is 0 Å². The second kappa shape index (κ2) is 16.4. The molecular weight excluding hydrogens is 298 g/mol. The van der Waals surface area contributed by atoms with Gasteiger partial charge in [-0.25, -0.2) is 0 Å². The lowest BCUT2D eigenvalue weighted by Crippen LogP contribution is -2.50. The number of hydrogen-bond donors (Lipinski definition) is 3. The molecule has 4 N–H and O–H groups in total. The first-order valence-corrected chi connectivity index (χ1v) is 10.7. The topological polar surface area (TPSA) is 66.5 Å². The molecule has 0 bridgehead atoms. The van der Waals surface area contributed by atoms with Crippen molar-refractivity contribution in [3.8, 4) is 0 Å². The van der Waals surface area contributed by atoms with E-state index in [2.05, 4.69) is 6.92 Å². The third kappa shape index (κ3) is 14.2. The van der Waals surface area contributed by atoms with Crippen LogP contribution in [0, 0.1) is 0 Å². The Labute approximate surface area is 151 Å². The SMILES string of the molecule is CCCCCCCCCCCCCCCCCC(O)C(N)(O)CC. The maximum absolute atomic E-state index is 9.81. The fourth-order valence-electron chi connectivity index (χ4n) is 3.19. The molecule has 146 valence electrons. The molecule has 0 aliphatic carbocycles. The zero-order chi connectivity index (χ0) is 18.1. The van der Waals surface area contributed by atoms with Crippen LogP contribution in [-0.4, -0.2) is 22.0 Å². The third-order valence-corrected chi connectivity index (χ3v) is 5.22. The predicted molar refractivity (Wildman–Crippen MR) is 105 cm³/mol. The molecule has 0 rings (SSSR count). The molecule has 0 aliphatic heterocycles. The highest BCUT2D eigenvalue weighted by molar-refractivity contribution is 4.78. The molecule has 0 fully saturated rings. The van der Waals surface area contributed by atoms with E-state index in [1.807, 2.05) is 0 Å². The molecule has 24 heavy (non-hydrogen) atoms. The van der Waals surface area contributed by atoms with Crippen molar-refractivity contribution in [2.75, 3.05) is 0 Å². The van der Waals surface area contributed by atoms with Gasteiger partial charge in [-0.2, -0.15) is 0 Å². The van der Waals surface area contributed by atoms with Crippen LogP contribution in [0.15, 0.2) is 0 Å². The summed E-state index contributed by atoms with van der Waals surface area (Å²) in [7, 11) is 0. The van der Waals surface area contributed by atoms with Crippen LogP contribution in [0.4, 0.5) is 0 Å². The van der Waals surface area contributed by atoms with Crippen molar-refractivity contribution in [3.05, 3.63) is 0 Å². The van der Waals surface area contributed by atoms with Crippen molar-refractivity contribution in [1.82, 2.24) is 0 Å². The van der Waals surface area contributed by atoms with Gasteiger partial charge < -0.3 is 15.9 Å². The molecule has 0 radical (unpaired) electrons. The Kier molecular flexibility index (Phi) is 16.3. The van der Waals surface area contributed by atoms with E-state index in [0.29, 0.717) is 12.8 Å². The highest BCUT2D eigenvalue weighted by Crippen LogP contribution is 2.17. The Bertz CT molecular complexity index is 256. The van der Waals surface area contributed by atoms with E-state index in [0.717, 1.165) is 12.8 Å². The van der Waals surface area contributed by atoms with Crippen molar-refractivity contribution >= 4 is 0 Å². The summed E-state index contributed by atoms with van der Waals surface area (Å²) in [5, 5.41) is 19.5. The first-order valence-electron chi connectivity index (χ1n) is 10.7. The van der Waals surface area contributed by atoms with Gasteiger partial charge in [0.2, 0.25) is 0 Å². The number of aliphatic hydroxyl groups excluding tert-OH is 1. The van der Waals surface area contributed by atoms with E-state index >= 15 is 0 Å². The molecule has 2 atom stereocenters. The van der Waals surface area contributed by atoms with Crippen molar-refractivity contribution in [1.29, 1.82) is 0 Å². The normalized spacial score (nSPS) is 15.4. The zero-order valence-electron chi connectivity index (χ0n) is 16.6. The predicted octanol–water partition coefficient (Wildman–Crippen LogP) is 5.67. The van der Waals surface area contributed by atoms with Crippen LogP contribution in [0.1, 0.15) is 123 Å². The average molecular weight is 344 g/mol. The summed E-state index contributed by atoms with van der Waals surface area (Å²) >= 11 is 0. The van der Waals surface area contributed by atoms with Crippen LogP contribution >= 0.6 is 0 Å². The van der Waals surface area contributed by atoms with Gasteiger partial charge in [-0.05, 0) is 12.8 Å². The minimum absolute atomic E-state index is 0.396. The van der Waals surface area contributed by atoms with Crippen LogP contribution in [0.25, 0.3) is 0 Å². The number of unbranched alkanes of at least 4 members (excludes halogenated alkanes) is 14. The second-order valence-electron chi connectivity index (χ2n) is 7.60. The minimum atomic E-state index is -1.41. The zero-order valence-corrected chi connectivity index (χ0v) is 16.6. The van der Waals surface area contributed by atoms with E-state index in [1.54, 1.807) is 6.92 Å².